The van der Waals surface area contributed by atoms with Gasteiger partial charge in [-0.2, -0.15) is 0 Å². The fourth-order valence-electron chi connectivity index (χ4n) is 1.41. The van der Waals surface area contributed by atoms with E-state index in [2.05, 4.69) is 13.8 Å². The summed E-state index contributed by atoms with van der Waals surface area (Å²) in [5, 5.41) is 9.80. The standard InChI is InChI=1S/C12H19NO/c1-8(2)12(4,13)10-6-5-9(3)7-11(10)14/h5-8,14H,13H2,1-4H3/t12-/m0/s1. The minimum absolute atomic E-state index is 0.288. The van der Waals surface area contributed by atoms with E-state index in [-0.39, 0.29) is 5.92 Å². The lowest BCUT2D eigenvalue weighted by molar-refractivity contribution is 0.333. The van der Waals surface area contributed by atoms with Crippen LogP contribution in [0.4, 0.5) is 0 Å². The normalized spacial score (nSPS) is 15.6. The number of hydrogen-bond donors (Lipinski definition) is 2. The molecule has 1 aromatic carbocycles. The maximum Gasteiger partial charge on any atom is 0.120 e. The van der Waals surface area contributed by atoms with E-state index in [4.69, 9.17) is 5.73 Å². The topological polar surface area (TPSA) is 46.2 Å². The summed E-state index contributed by atoms with van der Waals surface area (Å²) in [6, 6.07) is 5.63. The summed E-state index contributed by atoms with van der Waals surface area (Å²) in [5.74, 6) is 0.583. The smallest absolute Gasteiger partial charge is 0.120 e. The Hall–Kier alpha value is -1.02. The van der Waals surface area contributed by atoms with Crippen LogP contribution in [0.1, 0.15) is 31.9 Å². The quantitative estimate of drug-likeness (QED) is 0.758. The summed E-state index contributed by atoms with van der Waals surface area (Å²) in [6.45, 7) is 8.01. The second-order valence-electron chi connectivity index (χ2n) is 4.46. The molecule has 2 heteroatoms. The Balaban J connectivity index is 3.19. The van der Waals surface area contributed by atoms with Gasteiger partial charge in [0.25, 0.3) is 0 Å². The molecule has 0 aliphatic rings. The Labute approximate surface area is 85.8 Å². The van der Waals surface area contributed by atoms with E-state index in [1.807, 2.05) is 26.0 Å². The highest BCUT2D eigenvalue weighted by Gasteiger charge is 2.27. The summed E-state index contributed by atoms with van der Waals surface area (Å²) in [4.78, 5) is 0. The van der Waals surface area contributed by atoms with Crippen LogP contribution in [0.3, 0.4) is 0 Å². The third-order valence-corrected chi connectivity index (χ3v) is 2.93. The molecule has 2 nitrogen and oxygen atoms in total. The number of nitrogens with two attached hydrogens (primary N) is 1. The molecular formula is C12H19NO. The van der Waals surface area contributed by atoms with Crippen LogP contribution in [-0.4, -0.2) is 5.11 Å². The van der Waals surface area contributed by atoms with Crippen molar-refractivity contribution in [3.05, 3.63) is 29.3 Å². The van der Waals surface area contributed by atoms with Crippen molar-refractivity contribution in [2.24, 2.45) is 11.7 Å². The molecule has 0 fully saturated rings. The van der Waals surface area contributed by atoms with Gasteiger partial charge >= 0.3 is 0 Å². The van der Waals surface area contributed by atoms with Gasteiger partial charge in [0.05, 0.1) is 0 Å². The zero-order valence-corrected chi connectivity index (χ0v) is 9.33. The average Bonchev–Trinajstić information content (AvgIpc) is 2.02. The number of rotatable bonds is 2. The summed E-state index contributed by atoms with van der Waals surface area (Å²) in [5.41, 5.74) is 7.56. The van der Waals surface area contributed by atoms with Crippen molar-refractivity contribution in [2.75, 3.05) is 0 Å². The average molecular weight is 193 g/mol. The molecule has 0 saturated carbocycles. The molecule has 0 aromatic heterocycles. The van der Waals surface area contributed by atoms with Gasteiger partial charge in [-0.1, -0.05) is 26.0 Å². The second kappa shape index (κ2) is 3.62. The zero-order valence-electron chi connectivity index (χ0n) is 9.33. The molecule has 1 rings (SSSR count). The Morgan fingerprint density at radius 1 is 1.36 bits per heavy atom. The van der Waals surface area contributed by atoms with Gasteiger partial charge in [-0.05, 0) is 31.4 Å². The molecule has 0 amide bonds. The van der Waals surface area contributed by atoms with Crippen LogP contribution in [0.2, 0.25) is 0 Å². The molecule has 0 spiro atoms. The minimum Gasteiger partial charge on any atom is -0.508 e. The molecule has 1 aromatic rings. The van der Waals surface area contributed by atoms with Crippen molar-refractivity contribution in [1.29, 1.82) is 0 Å². The van der Waals surface area contributed by atoms with Gasteiger partial charge in [0.1, 0.15) is 5.75 Å². The molecular weight excluding hydrogens is 174 g/mol. The Morgan fingerprint density at radius 2 is 1.93 bits per heavy atom. The predicted molar refractivity (Wildman–Crippen MR) is 59.2 cm³/mol. The largest absolute Gasteiger partial charge is 0.508 e. The number of hydrogen-bond acceptors (Lipinski definition) is 2. The molecule has 0 aliphatic carbocycles. The van der Waals surface area contributed by atoms with Gasteiger partial charge in [0, 0.05) is 11.1 Å². The molecule has 0 aliphatic heterocycles. The van der Waals surface area contributed by atoms with Crippen molar-refractivity contribution in [3.63, 3.8) is 0 Å². The van der Waals surface area contributed by atoms with E-state index >= 15 is 0 Å². The number of benzene rings is 1. The van der Waals surface area contributed by atoms with Crippen LogP contribution in [0.25, 0.3) is 0 Å². The van der Waals surface area contributed by atoms with E-state index in [1.165, 1.54) is 0 Å². The van der Waals surface area contributed by atoms with Crippen LogP contribution in [-0.2, 0) is 5.54 Å². The Morgan fingerprint density at radius 3 is 2.36 bits per heavy atom. The monoisotopic (exact) mass is 193 g/mol. The molecule has 1 atom stereocenters. The van der Waals surface area contributed by atoms with Crippen LogP contribution in [0.15, 0.2) is 18.2 Å². The lowest BCUT2D eigenvalue weighted by atomic mass is 9.82. The predicted octanol–water partition coefficient (Wildman–Crippen LogP) is 2.53. The lowest BCUT2D eigenvalue weighted by Gasteiger charge is -2.30. The first-order valence-electron chi connectivity index (χ1n) is 4.94. The third-order valence-electron chi connectivity index (χ3n) is 2.93. The fraction of sp³-hybridized carbons (Fsp3) is 0.500. The first-order chi connectivity index (χ1) is 6.35. The van der Waals surface area contributed by atoms with Crippen LogP contribution < -0.4 is 5.73 Å². The summed E-state index contributed by atoms with van der Waals surface area (Å²) >= 11 is 0. The SMILES string of the molecule is Cc1ccc([C@@](C)(N)C(C)C)c(O)c1. The van der Waals surface area contributed by atoms with E-state index in [0.29, 0.717) is 5.75 Å². The van der Waals surface area contributed by atoms with E-state index in [0.717, 1.165) is 11.1 Å². The van der Waals surface area contributed by atoms with Crippen molar-refractivity contribution < 1.29 is 5.11 Å². The van der Waals surface area contributed by atoms with Crippen molar-refractivity contribution in [2.45, 2.75) is 33.2 Å². The molecule has 0 saturated heterocycles. The second-order valence-corrected chi connectivity index (χ2v) is 4.46. The van der Waals surface area contributed by atoms with E-state index in [1.54, 1.807) is 6.07 Å². The van der Waals surface area contributed by atoms with Gasteiger partial charge in [0.15, 0.2) is 0 Å². The van der Waals surface area contributed by atoms with Crippen molar-refractivity contribution in [3.8, 4) is 5.75 Å². The van der Waals surface area contributed by atoms with Gasteiger partial charge in [-0.3, -0.25) is 0 Å². The van der Waals surface area contributed by atoms with Crippen LogP contribution in [0.5, 0.6) is 5.75 Å². The number of phenolic OH excluding ortho intramolecular Hbond substituents is 1. The molecule has 0 radical (unpaired) electrons. The van der Waals surface area contributed by atoms with E-state index in [9.17, 15) is 5.11 Å². The molecule has 3 N–H and O–H groups in total. The van der Waals surface area contributed by atoms with Gasteiger partial charge in [-0.15, -0.1) is 0 Å². The lowest BCUT2D eigenvalue weighted by Crippen LogP contribution is -2.38. The minimum atomic E-state index is -0.474. The van der Waals surface area contributed by atoms with Gasteiger partial charge in [-0.25, -0.2) is 0 Å². The zero-order chi connectivity index (χ0) is 10.9. The number of aryl methyl sites for hydroxylation is 1. The van der Waals surface area contributed by atoms with Crippen molar-refractivity contribution >= 4 is 0 Å². The van der Waals surface area contributed by atoms with Gasteiger partial charge in [0.2, 0.25) is 0 Å². The Bertz CT molecular complexity index is 329. The van der Waals surface area contributed by atoms with E-state index < -0.39 is 5.54 Å². The van der Waals surface area contributed by atoms with Crippen LogP contribution >= 0.6 is 0 Å². The highest BCUT2D eigenvalue weighted by Crippen LogP contribution is 2.33. The molecule has 0 heterocycles. The fourth-order valence-corrected chi connectivity index (χ4v) is 1.41. The molecule has 78 valence electrons. The summed E-state index contributed by atoms with van der Waals surface area (Å²) in [6.07, 6.45) is 0. The van der Waals surface area contributed by atoms with Crippen LogP contribution in [0, 0.1) is 12.8 Å². The maximum absolute atomic E-state index is 9.80. The highest BCUT2D eigenvalue weighted by atomic mass is 16.3. The third kappa shape index (κ3) is 1.90. The molecule has 0 unspecified atom stereocenters. The number of phenols is 1. The summed E-state index contributed by atoms with van der Waals surface area (Å²) < 4.78 is 0. The maximum atomic E-state index is 9.80. The first kappa shape index (κ1) is 11.1. The molecule has 14 heavy (non-hydrogen) atoms. The van der Waals surface area contributed by atoms with Gasteiger partial charge < -0.3 is 10.8 Å². The highest BCUT2D eigenvalue weighted by molar-refractivity contribution is 5.40. The molecule has 0 bridgehead atoms. The number of aromatic hydroxyl groups is 1. The summed E-state index contributed by atoms with van der Waals surface area (Å²) in [7, 11) is 0. The Kier molecular flexibility index (Phi) is 2.86. The van der Waals surface area contributed by atoms with Crippen molar-refractivity contribution in [1.82, 2.24) is 0 Å². The first-order valence-corrected chi connectivity index (χ1v) is 4.94.